The molecule has 1 saturated heterocycles. The van der Waals surface area contributed by atoms with Crippen LogP contribution in [0.15, 0.2) is 36.5 Å². The normalized spacial score (nSPS) is 16.6. The van der Waals surface area contributed by atoms with E-state index in [2.05, 4.69) is 4.98 Å². The third-order valence-electron chi connectivity index (χ3n) is 4.54. The molecule has 3 rings (SSSR count). The van der Waals surface area contributed by atoms with Gasteiger partial charge in [0.2, 0.25) is 0 Å². The van der Waals surface area contributed by atoms with Gasteiger partial charge in [0.25, 0.3) is 5.91 Å². The summed E-state index contributed by atoms with van der Waals surface area (Å²) in [5, 5.41) is 19.3. The quantitative estimate of drug-likeness (QED) is 0.909. The second-order valence-corrected chi connectivity index (χ2v) is 6.04. The van der Waals surface area contributed by atoms with E-state index in [1.807, 2.05) is 6.07 Å². The SMILES string of the molecule is N#Cc1cc(C(=O)N2CCC(C(O)c3ccc(F)cc3)CC2)c[nH]1. The maximum atomic E-state index is 13.0. The van der Waals surface area contributed by atoms with Crippen molar-refractivity contribution < 1.29 is 14.3 Å². The Morgan fingerprint density at radius 1 is 1.33 bits per heavy atom. The number of hydrogen-bond acceptors (Lipinski definition) is 3. The number of halogens is 1. The van der Waals surface area contributed by atoms with Gasteiger partial charge in [-0.15, -0.1) is 0 Å². The number of aliphatic hydroxyl groups excluding tert-OH is 1. The molecule has 1 fully saturated rings. The van der Waals surface area contributed by atoms with Gasteiger partial charge >= 0.3 is 0 Å². The monoisotopic (exact) mass is 327 g/mol. The molecule has 0 spiro atoms. The Kier molecular flexibility index (Phi) is 4.63. The molecule has 24 heavy (non-hydrogen) atoms. The Balaban J connectivity index is 1.60. The molecular formula is C18H18FN3O2. The number of likely N-dealkylation sites (tertiary alicyclic amines) is 1. The van der Waals surface area contributed by atoms with Gasteiger partial charge in [0.1, 0.15) is 17.6 Å². The van der Waals surface area contributed by atoms with E-state index in [0.717, 1.165) is 0 Å². The molecule has 1 unspecified atom stereocenters. The molecule has 2 heterocycles. The number of nitriles is 1. The molecule has 2 aromatic rings. The smallest absolute Gasteiger partial charge is 0.255 e. The van der Waals surface area contributed by atoms with Crippen molar-refractivity contribution in [3.63, 3.8) is 0 Å². The van der Waals surface area contributed by atoms with Crippen LogP contribution >= 0.6 is 0 Å². The van der Waals surface area contributed by atoms with Crippen molar-refractivity contribution in [3.05, 3.63) is 59.2 Å². The highest BCUT2D eigenvalue weighted by molar-refractivity contribution is 5.94. The topological polar surface area (TPSA) is 80.1 Å². The molecule has 0 aliphatic carbocycles. The molecular weight excluding hydrogens is 309 g/mol. The van der Waals surface area contributed by atoms with Crippen LogP contribution in [0.2, 0.25) is 0 Å². The number of carbonyl (C=O) groups is 1. The zero-order chi connectivity index (χ0) is 17.1. The van der Waals surface area contributed by atoms with E-state index in [4.69, 9.17) is 5.26 Å². The molecule has 124 valence electrons. The molecule has 5 nitrogen and oxygen atoms in total. The molecule has 6 heteroatoms. The molecule has 1 amide bonds. The van der Waals surface area contributed by atoms with Gasteiger partial charge in [0.15, 0.2) is 0 Å². The van der Waals surface area contributed by atoms with E-state index in [1.165, 1.54) is 12.1 Å². The van der Waals surface area contributed by atoms with Crippen LogP contribution in [-0.4, -0.2) is 34.0 Å². The lowest BCUT2D eigenvalue weighted by molar-refractivity contribution is 0.0462. The highest BCUT2D eigenvalue weighted by Gasteiger charge is 2.29. The summed E-state index contributed by atoms with van der Waals surface area (Å²) >= 11 is 0. The minimum atomic E-state index is -0.652. The maximum absolute atomic E-state index is 13.0. The second kappa shape index (κ2) is 6.85. The zero-order valence-electron chi connectivity index (χ0n) is 13.1. The van der Waals surface area contributed by atoms with Gasteiger partial charge in [-0.05, 0) is 42.5 Å². The van der Waals surface area contributed by atoms with E-state index in [9.17, 15) is 14.3 Å². The number of nitrogens with one attached hydrogen (secondary N) is 1. The van der Waals surface area contributed by atoms with E-state index < -0.39 is 6.10 Å². The molecule has 0 radical (unpaired) electrons. The maximum Gasteiger partial charge on any atom is 0.255 e. The Morgan fingerprint density at radius 3 is 2.58 bits per heavy atom. The molecule has 0 bridgehead atoms. The van der Waals surface area contributed by atoms with Gasteiger partial charge < -0.3 is 15.0 Å². The van der Waals surface area contributed by atoms with Crippen molar-refractivity contribution in [3.8, 4) is 6.07 Å². The number of hydrogen-bond donors (Lipinski definition) is 2. The summed E-state index contributed by atoms with van der Waals surface area (Å²) in [4.78, 5) is 16.9. The first-order valence-corrected chi connectivity index (χ1v) is 7.90. The lowest BCUT2D eigenvalue weighted by atomic mass is 9.87. The van der Waals surface area contributed by atoms with Crippen LogP contribution in [0.4, 0.5) is 4.39 Å². The van der Waals surface area contributed by atoms with Crippen LogP contribution in [0.5, 0.6) is 0 Å². The van der Waals surface area contributed by atoms with Crippen molar-refractivity contribution in [2.45, 2.75) is 18.9 Å². The highest BCUT2D eigenvalue weighted by atomic mass is 19.1. The van der Waals surface area contributed by atoms with Crippen molar-refractivity contribution >= 4 is 5.91 Å². The summed E-state index contributed by atoms with van der Waals surface area (Å²) in [6, 6.07) is 9.39. The van der Waals surface area contributed by atoms with Crippen LogP contribution in [-0.2, 0) is 0 Å². The van der Waals surface area contributed by atoms with E-state index in [1.54, 1.807) is 29.3 Å². The average Bonchev–Trinajstić information content (AvgIpc) is 3.10. The Bertz CT molecular complexity index is 755. The van der Waals surface area contributed by atoms with Crippen molar-refractivity contribution in [1.29, 1.82) is 5.26 Å². The largest absolute Gasteiger partial charge is 0.388 e. The van der Waals surface area contributed by atoms with Crippen LogP contribution < -0.4 is 0 Å². The highest BCUT2D eigenvalue weighted by Crippen LogP contribution is 2.31. The fourth-order valence-electron chi connectivity index (χ4n) is 3.12. The molecule has 1 atom stereocenters. The minimum Gasteiger partial charge on any atom is -0.388 e. The Hall–Kier alpha value is -2.65. The van der Waals surface area contributed by atoms with Crippen molar-refractivity contribution in [2.24, 2.45) is 5.92 Å². The molecule has 2 N–H and O–H groups in total. The van der Waals surface area contributed by atoms with Gasteiger partial charge in [-0.2, -0.15) is 5.26 Å². The average molecular weight is 327 g/mol. The predicted molar refractivity (Wildman–Crippen MR) is 85.5 cm³/mol. The number of amides is 1. The molecule has 0 saturated carbocycles. The first-order chi connectivity index (χ1) is 11.6. The lowest BCUT2D eigenvalue weighted by Gasteiger charge is -2.34. The van der Waals surface area contributed by atoms with E-state index >= 15 is 0 Å². The third kappa shape index (κ3) is 3.31. The van der Waals surface area contributed by atoms with Gasteiger partial charge in [0, 0.05) is 19.3 Å². The number of benzene rings is 1. The predicted octanol–water partition coefficient (Wildman–Crippen LogP) is 2.61. The summed E-state index contributed by atoms with van der Waals surface area (Å²) in [7, 11) is 0. The summed E-state index contributed by atoms with van der Waals surface area (Å²) in [5.41, 5.74) is 1.54. The number of aromatic amines is 1. The Morgan fingerprint density at radius 2 is 2.00 bits per heavy atom. The number of nitrogens with zero attached hydrogens (tertiary/aromatic N) is 2. The number of carbonyl (C=O) groups excluding carboxylic acids is 1. The number of aliphatic hydroxyl groups is 1. The molecule has 1 aliphatic rings. The number of piperidine rings is 1. The molecule has 1 aromatic carbocycles. The van der Waals surface area contributed by atoms with Crippen molar-refractivity contribution in [2.75, 3.05) is 13.1 Å². The summed E-state index contributed by atoms with van der Waals surface area (Å²) in [6.45, 7) is 1.10. The standard InChI is InChI=1S/C18H18FN3O2/c19-15-3-1-12(2-4-15)17(23)13-5-7-22(8-6-13)18(24)14-9-16(10-20)21-11-14/h1-4,9,11,13,17,21,23H,5-8H2. The van der Waals surface area contributed by atoms with Gasteiger partial charge in [0.05, 0.1) is 11.7 Å². The first kappa shape index (κ1) is 16.2. The molecule has 1 aliphatic heterocycles. The first-order valence-electron chi connectivity index (χ1n) is 7.90. The van der Waals surface area contributed by atoms with Gasteiger partial charge in [-0.1, -0.05) is 12.1 Å². The second-order valence-electron chi connectivity index (χ2n) is 6.04. The lowest BCUT2D eigenvalue weighted by Crippen LogP contribution is -2.39. The number of aromatic nitrogens is 1. The van der Waals surface area contributed by atoms with Crippen molar-refractivity contribution in [1.82, 2.24) is 9.88 Å². The van der Waals surface area contributed by atoms with Gasteiger partial charge in [-0.25, -0.2) is 4.39 Å². The zero-order valence-corrected chi connectivity index (χ0v) is 13.1. The van der Waals surface area contributed by atoms with Crippen LogP contribution in [0.1, 0.15) is 40.6 Å². The molecule has 1 aromatic heterocycles. The number of rotatable bonds is 3. The third-order valence-corrected chi connectivity index (χ3v) is 4.54. The number of H-pyrrole nitrogens is 1. The van der Waals surface area contributed by atoms with Crippen LogP contribution in [0, 0.1) is 23.1 Å². The Labute approximate surface area is 139 Å². The fourth-order valence-corrected chi connectivity index (χ4v) is 3.12. The van der Waals surface area contributed by atoms with Crippen LogP contribution in [0.3, 0.4) is 0 Å². The van der Waals surface area contributed by atoms with E-state index in [-0.39, 0.29) is 17.6 Å². The summed E-state index contributed by atoms with van der Waals surface area (Å²) < 4.78 is 13.0. The fraction of sp³-hybridized carbons (Fsp3) is 0.333. The van der Waals surface area contributed by atoms with E-state index in [0.29, 0.717) is 42.8 Å². The minimum absolute atomic E-state index is 0.0420. The van der Waals surface area contributed by atoms with Crippen LogP contribution in [0.25, 0.3) is 0 Å². The van der Waals surface area contributed by atoms with Gasteiger partial charge in [-0.3, -0.25) is 4.79 Å². The summed E-state index contributed by atoms with van der Waals surface area (Å²) in [6.07, 6.45) is 2.25. The summed E-state index contributed by atoms with van der Waals surface area (Å²) in [5.74, 6) is -0.391.